The van der Waals surface area contributed by atoms with Crippen molar-refractivity contribution in [2.45, 2.75) is 13.3 Å². The Bertz CT molecular complexity index is 480. The first-order valence-corrected chi connectivity index (χ1v) is 6.69. The van der Waals surface area contributed by atoms with Crippen molar-refractivity contribution in [3.8, 4) is 0 Å². The molecule has 0 aromatic heterocycles. The topological polar surface area (TPSA) is 46.3 Å². The first-order valence-electron chi connectivity index (χ1n) is 5.90. The highest BCUT2D eigenvalue weighted by Crippen LogP contribution is 2.29. The molecule has 0 aliphatic carbocycles. The van der Waals surface area contributed by atoms with Gasteiger partial charge in [0.25, 0.3) is 5.91 Å². The molecule has 1 aliphatic heterocycles. The van der Waals surface area contributed by atoms with Gasteiger partial charge in [-0.15, -0.1) is 0 Å². The van der Waals surface area contributed by atoms with Gasteiger partial charge in [0.2, 0.25) is 0 Å². The number of hydrogen-bond donors (Lipinski definition) is 1. The van der Waals surface area contributed by atoms with Crippen LogP contribution in [-0.4, -0.2) is 30.4 Å². The Kier molecular flexibility index (Phi) is 3.73. The molecule has 1 amide bonds. The van der Waals surface area contributed by atoms with E-state index >= 15 is 0 Å². The van der Waals surface area contributed by atoms with E-state index in [1.807, 2.05) is 0 Å². The molecule has 2 N–H and O–H groups in total. The fourth-order valence-electron chi connectivity index (χ4n) is 2.18. The highest BCUT2D eigenvalue weighted by atomic mass is 79.9. The van der Waals surface area contributed by atoms with E-state index in [9.17, 15) is 9.18 Å². The van der Waals surface area contributed by atoms with Crippen molar-refractivity contribution in [1.29, 1.82) is 0 Å². The quantitative estimate of drug-likeness (QED) is 0.911. The van der Waals surface area contributed by atoms with Crippen LogP contribution in [-0.2, 0) is 0 Å². The van der Waals surface area contributed by atoms with Crippen LogP contribution in [0.2, 0.25) is 0 Å². The van der Waals surface area contributed by atoms with Gasteiger partial charge in [0.05, 0.1) is 4.47 Å². The fraction of sp³-hybridized carbons (Fsp3) is 0.462. The molecule has 3 nitrogen and oxygen atoms in total. The summed E-state index contributed by atoms with van der Waals surface area (Å²) in [5, 5.41) is 0. The van der Waals surface area contributed by atoms with Crippen molar-refractivity contribution in [2.24, 2.45) is 11.1 Å². The molecule has 18 heavy (non-hydrogen) atoms. The predicted octanol–water partition coefficient (Wildman–Crippen LogP) is 2.40. The van der Waals surface area contributed by atoms with E-state index in [0.29, 0.717) is 29.7 Å². The Labute approximate surface area is 114 Å². The summed E-state index contributed by atoms with van der Waals surface area (Å²) < 4.78 is 13.8. The molecule has 1 unspecified atom stereocenters. The molecule has 0 bridgehead atoms. The summed E-state index contributed by atoms with van der Waals surface area (Å²) in [5.74, 6) is -0.541. The molecule has 1 aliphatic rings. The van der Waals surface area contributed by atoms with Gasteiger partial charge in [0.15, 0.2) is 0 Å². The van der Waals surface area contributed by atoms with Crippen molar-refractivity contribution in [3.63, 3.8) is 0 Å². The van der Waals surface area contributed by atoms with Crippen molar-refractivity contribution >= 4 is 21.8 Å². The van der Waals surface area contributed by atoms with Gasteiger partial charge in [-0.2, -0.15) is 0 Å². The summed E-state index contributed by atoms with van der Waals surface area (Å²) in [6.07, 6.45) is 0.897. The molecule has 1 atom stereocenters. The largest absolute Gasteiger partial charge is 0.338 e. The lowest BCUT2D eigenvalue weighted by molar-refractivity contribution is 0.0776. The molecule has 2 rings (SSSR count). The second-order valence-electron chi connectivity index (χ2n) is 5.12. The van der Waals surface area contributed by atoms with Crippen LogP contribution in [0, 0.1) is 11.2 Å². The number of nitrogens with two attached hydrogens (primary N) is 1. The summed E-state index contributed by atoms with van der Waals surface area (Å²) in [4.78, 5) is 14.0. The third-order valence-electron chi connectivity index (χ3n) is 3.50. The third-order valence-corrected chi connectivity index (χ3v) is 4.15. The maximum atomic E-state index is 13.4. The second kappa shape index (κ2) is 4.97. The summed E-state index contributed by atoms with van der Waals surface area (Å²) in [6.45, 7) is 3.96. The molecular weight excluding hydrogens is 299 g/mol. The average molecular weight is 315 g/mol. The van der Waals surface area contributed by atoms with Gasteiger partial charge >= 0.3 is 0 Å². The van der Waals surface area contributed by atoms with Gasteiger partial charge in [-0.25, -0.2) is 4.39 Å². The molecule has 1 aromatic carbocycles. The average Bonchev–Trinajstić information content (AvgIpc) is 2.75. The first kappa shape index (κ1) is 13.5. The zero-order valence-corrected chi connectivity index (χ0v) is 11.8. The molecule has 98 valence electrons. The fourth-order valence-corrected chi connectivity index (χ4v) is 2.42. The predicted molar refractivity (Wildman–Crippen MR) is 71.8 cm³/mol. The molecule has 1 heterocycles. The number of carbonyl (C=O) groups is 1. The molecule has 0 spiro atoms. The normalized spacial score (nSPS) is 23.4. The van der Waals surface area contributed by atoms with Crippen molar-refractivity contribution in [2.75, 3.05) is 19.6 Å². The summed E-state index contributed by atoms with van der Waals surface area (Å²) >= 11 is 3.07. The van der Waals surface area contributed by atoms with E-state index in [0.717, 1.165) is 6.42 Å². The zero-order chi connectivity index (χ0) is 13.3. The van der Waals surface area contributed by atoms with E-state index in [1.54, 1.807) is 17.0 Å². The molecule has 0 saturated carbocycles. The minimum Gasteiger partial charge on any atom is -0.338 e. The van der Waals surface area contributed by atoms with Crippen molar-refractivity contribution < 1.29 is 9.18 Å². The van der Waals surface area contributed by atoms with E-state index in [4.69, 9.17) is 5.73 Å². The number of benzene rings is 1. The summed E-state index contributed by atoms with van der Waals surface area (Å²) in [5.41, 5.74) is 6.08. The number of amides is 1. The lowest BCUT2D eigenvalue weighted by atomic mass is 9.90. The Morgan fingerprint density at radius 2 is 2.33 bits per heavy atom. The highest BCUT2D eigenvalue weighted by molar-refractivity contribution is 9.10. The minimum atomic E-state index is -0.415. The monoisotopic (exact) mass is 314 g/mol. The molecule has 1 aromatic rings. The van der Waals surface area contributed by atoms with E-state index < -0.39 is 5.82 Å². The summed E-state index contributed by atoms with van der Waals surface area (Å²) in [6, 6.07) is 4.46. The molecular formula is C13H16BrFN2O. The lowest BCUT2D eigenvalue weighted by Crippen LogP contribution is -2.34. The smallest absolute Gasteiger partial charge is 0.253 e. The number of hydrogen-bond acceptors (Lipinski definition) is 2. The molecule has 0 radical (unpaired) electrons. The Morgan fingerprint density at radius 3 is 2.89 bits per heavy atom. The molecule has 5 heteroatoms. The molecule has 1 fully saturated rings. The molecule has 1 saturated heterocycles. The first-order chi connectivity index (χ1) is 8.45. The zero-order valence-electron chi connectivity index (χ0n) is 10.2. The lowest BCUT2D eigenvalue weighted by Gasteiger charge is -2.22. The Balaban J connectivity index is 2.15. The minimum absolute atomic E-state index is 0.0103. The van der Waals surface area contributed by atoms with Crippen LogP contribution >= 0.6 is 15.9 Å². The van der Waals surface area contributed by atoms with E-state index in [2.05, 4.69) is 22.9 Å². The number of carbonyl (C=O) groups excluding carboxylic acids is 1. The number of halogens is 2. The number of rotatable bonds is 2. The Hall–Kier alpha value is -0.940. The van der Waals surface area contributed by atoms with Crippen LogP contribution in [0.5, 0.6) is 0 Å². The maximum Gasteiger partial charge on any atom is 0.253 e. The van der Waals surface area contributed by atoms with E-state index in [1.165, 1.54) is 6.07 Å². The number of likely N-dealkylation sites (tertiary alicyclic amines) is 1. The van der Waals surface area contributed by atoms with Crippen LogP contribution in [0.15, 0.2) is 22.7 Å². The van der Waals surface area contributed by atoms with Crippen molar-refractivity contribution in [3.05, 3.63) is 34.1 Å². The summed E-state index contributed by atoms with van der Waals surface area (Å²) in [7, 11) is 0. The van der Waals surface area contributed by atoms with Crippen LogP contribution in [0.25, 0.3) is 0 Å². The van der Waals surface area contributed by atoms with Gasteiger partial charge < -0.3 is 10.6 Å². The maximum absolute atomic E-state index is 13.4. The van der Waals surface area contributed by atoms with Gasteiger partial charge in [0, 0.05) is 18.7 Å². The van der Waals surface area contributed by atoms with Crippen LogP contribution in [0.3, 0.4) is 0 Å². The van der Waals surface area contributed by atoms with Crippen LogP contribution < -0.4 is 5.73 Å². The van der Waals surface area contributed by atoms with Crippen molar-refractivity contribution in [1.82, 2.24) is 4.90 Å². The highest BCUT2D eigenvalue weighted by Gasteiger charge is 2.35. The standard InChI is InChI=1S/C13H16BrFN2O/c1-13(7-16)4-5-17(8-13)12(18)9-2-3-10(14)11(15)6-9/h2-3,6H,4-5,7-8,16H2,1H3. The third kappa shape index (κ3) is 2.57. The number of nitrogens with zero attached hydrogens (tertiary/aromatic N) is 1. The van der Waals surface area contributed by atoms with Crippen LogP contribution in [0.4, 0.5) is 4.39 Å². The van der Waals surface area contributed by atoms with Crippen LogP contribution in [0.1, 0.15) is 23.7 Å². The van der Waals surface area contributed by atoms with Gasteiger partial charge in [-0.1, -0.05) is 6.92 Å². The second-order valence-corrected chi connectivity index (χ2v) is 5.97. The Morgan fingerprint density at radius 1 is 1.61 bits per heavy atom. The SMILES string of the molecule is CC1(CN)CCN(C(=O)c2ccc(Br)c(F)c2)C1. The van der Waals surface area contributed by atoms with Gasteiger partial charge in [0.1, 0.15) is 5.82 Å². The van der Waals surface area contributed by atoms with E-state index in [-0.39, 0.29) is 11.3 Å². The van der Waals surface area contributed by atoms with Gasteiger partial charge in [-0.05, 0) is 52.5 Å². The van der Waals surface area contributed by atoms with Gasteiger partial charge in [-0.3, -0.25) is 4.79 Å².